The van der Waals surface area contributed by atoms with Crippen LogP contribution < -0.4 is 5.32 Å². The monoisotopic (exact) mass is 295 g/mol. The molecule has 1 N–H and O–H groups in total. The van der Waals surface area contributed by atoms with Crippen LogP contribution >= 0.6 is 11.6 Å². The van der Waals surface area contributed by atoms with E-state index in [1.165, 1.54) is 0 Å². The van der Waals surface area contributed by atoms with Crippen molar-refractivity contribution in [2.45, 2.75) is 32.4 Å². The quantitative estimate of drug-likeness (QED) is 0.794. The molecule has 0 bridgehead atoms. The Balaban J connectivity index is 1.91. The van der Waals surface area contributed by atoms with Crippen LogP contribution in [0.4, 0.5) is 5.82 Å². The van der Waals surface area contributed by atoms with Crippen molar-refractivity contribution in [1.29, 1.82) is 0 Å². The van der Waals surface area contributed by atoms with Crippen molar-refractivity contribution in [2.24, 2.45) is 0 Å². The van der Waals surface area contributed by atoms with Gasteiger partial charge in [-0.15, -0.1) is 0 Å². The number of ether oxygens (including phenoxy) is 1. The van der Waals surface area contributed by atoms with Crippen molar-refractivity contribution in [1.82, 2.24) is 9.97 Å². The van der Waals surface area contributed by atoms with Gasteiger partial charge in [-0.05, 0) is 25.5 Å². The van der Waals surface area contributed by atoms with Crippen molar-refractivity contribution in [3.8, 4) is 0 Å². The minimum Gasteiger partial charge on any atom is -0.469 e. The molecule has 2 aromatic rings. The van der Waals surface area contributed by atoms with Crippen LogP contribution in [0.2, 0.25) is 5.15 Å². The zero-order chi connectivity index (χ0) is 14.4. The van der Waals surface area contributed by atoms with Crippen molar-refractivity contribution < 1.29 is 9.15 Å². The number of aromatic nitrogens is 2. The lowest BCUT2D eigenvalue weighted by molar-refractivity contribution is 0.178. The van der Waals surface area contributed by atoms with Gasteiger partial charge < -0.3 is 14.5 Å². The van der Waals surface area contributed by atoms with E-state index in [1.807, 2.05) is 12.1 Å². The lowest BCUT2D eigenvalue weighted by Gasteiger charge is -2.14. The lowest BCUT2D eigenvalue weighted by atomic mass is 10.1. The Morgan fingerprint density at radius 1 is 1.45 bits per heavy atom. The van der Waals surface area contributed by atoms with Crippen LogP contribution in [0.15, 0.2) is 28.9 Å². The summed E-state index contributed by atoms with van der Waals surface area (Å²) in [6, 6.07) is 5.84. The molecule has 0 spiro atoms. The number of halogens is 1. The Morgan fingerprint density at radius 3 is 3.00 bits per heavy atom. The summed E-state index contributed by atoms with van der Waals surface area (Å²) >= 11 is 5.97. The largest absolute Gasteiger partial charge is 0.469 e. The van der Waals surface area contributed by atoms with Crippen LogP contribution in [0.1, 0.15) is 24.9 Å². The number of hydrogen-bond acceptors (Lipinski definition) is 5. The van der Waals surface area contributed by atoms with Crippen LogP contribution in [0.5, 0.6) is 0 Å². The van der Waals surface area contributed by atoms with Crippen LogP contribution in [0.3, 0.4) is 0 Å². The van der Waals surface area contributed by atoms with Gasteiger partial charge in [0.25, 0.3) is 0 Å². The van der Waals surface area contributed by atoms with Gasteiger partial charge >= 0.3 is 0 Å². The van der Waals surface area contributed by atoms with E-state index in [0.717, 1.165) is 18.6 Å². The molecule has 0 saturated carbocycles. The van der Waals surface area contributed by atoms with E-state index < -0.39 is 0 Å². The van der Waals surface area contributed by atoms with Crippen LogP contribution in [0, 0.1) is 0 Å². The molecule has 1 unspecified atom stereocenters. The van der Waals surface area contributed by atoms with Gasteiger partial charge in [-0.2, -0.15) is 0 Å². The van der Waals surface area contributed by atoms with Crippen molar-refractivity contribution >= 4 is 17.4 Å². The van der Waals surface area contributed by atoms with E-state index in [9.17, 15) is 0 Å². The number of methoxy groups -OCH3 is 1. The van der Waals surface area contributed by atoms with E-state index >= 15 is 0 Å². The summed E-state index contributed by atoms with van der Waals surface area (Å²) in [5.74, 6) is 2.27. The molecule has 108 valence electrons. The fraction of sp³-hybridized carbons (Fsp3) is 0.429. The molecule has 5 nitrogen and oxygen atoms in total. The van der Waals surface area contributed by atoms with Gasteiger partial charge in [-0.3, -0.25) is 0 Å². The van der Waals surface area contributed by atoms with E-state index in [2.05, 4.69) is 22.2 Å². The lowest BCUT2D eigenvalue weighted by Crippen LogP contribution is -2.17. The summed E-state index contributed by atoms with van der Waals surface area (Å²) < 4.78 is 10.3. The SMILES string of the molecule is COCc1nc(Cl)cc(NC(C)CCc2ccco2)n1. The number of rotatable bonds is 7. The maximum Gasteiger partial charge on any atom is 0.158 e. The van der Waals surface area contributed by atoms with Crippen LogP contribution in [-0.4, -0.2) is 23.1 Å². The zero-order valence-corrected chi connectivity index (χ0v) is 12.4. The second-order valence-electron chi connectivity index (χ2n) is 4.59. The molecule has 20 heavy (non-hydrogen) atoms. The molecule has 0 aliphatic heterocycles. The minimum absolute atomic E-state index is 0.251. The first kappa shape index (κ1) is 14.8. The predicted octanol–water partition coefficient (Wildman–Crippen LogP) is 3.30. The molecule has 2 aromatic heterocycles. The van der Waals surface area contributed by atoms with Crippen molar-refractivity contribution in [3.05, 3.63) is 41.2 Å². The Kier molecular flexibility index (Phi) is 5.38. The number of anilines is 1. The average molecular weight is 296 g/mol. The third-order valence-electron chi connectivity index (χ3n) is 2.81. The van der Waals surface area contributed by atoms with Gasteiger partial charge in [0.2, 0.25) is 0 Å². The fourth-order valence-corrected chi connectivity index (χ4v) is 2.07. The first-order valence-corrected chi connectivity index (χ1v) is 6.86. The Hall–Kier alpha value is -1.59. The molecular weight excluding hydrogens is 278 g/mol. The summed E-state index contributed by atoms with van der Waals surface area (Å²) in [7, 11) is 1.60. The molecule has 0 saturated heterocycles. The maximum atomic E-state index is 5.97. The van der Waals surface area contributed by atoms with E-state index in [4.69, 9.17) is 20.8 Å². The molecule has 0 amide bonds. The van der Waals surface area contributed by atoms with Gasteiger partial charge in [0.1, 0.15) is 23.3 Å². The van der Waals surface area contributed by atoms with Gasteiger partial charge in [0.15, 0.2) is 5.82 Å². The molecule has 2 rings (SSSR count). The van der Waals surface area contributed by atoms with Gasteiger partial charge in [-0.1, -0.05) is 11.6 Å². The van der Waals surface area contributed by atoms with E-state index in [-0.39, 0.29) is 6.04 Å². The van der Waals surface area contributed by atoms with Crippen molar-refractivity contribution in [3.63, 3.8) is 0 Å². The second kappa shape index (κ2) is 7.26. The first-order valence-electron chi connectivity index (χ1n) is 6.48. The molecule has 0 aliphatic carbocycles. The highest BCUT2D eigenvalue weighted by molar-refractivity contribution is 6.29. The molecule has 0 aliphatic rings. The summed E-state index contributed by atoms with van der Waals surface area (Å²) in [6.07, 6.45) is 3.51. The topological polar surface area (TPSA) is 60.2 Å². The van der Waals surface area contributed by atoms with E-state index in [1.54, 1.807) is 19.4 Å². The molecule has 2 heterocycles. The highest BCUT2D eigenvalue weighted by atomic mass is 35.5. The third-order valence-corrected chi connectivity index (χ3v) is 3.01. The molecule has 0 radical (unpaired) electrons. The molecular formula is C14H18ClN3O2. The van der Waals surface area contributed by atoms with Crippen LogP contribution in [-0.2, 0) is 17.8 Å². The van der Waals surface area contributed by atoms with E-state index in [0.29, 0.717) is 23.4 Å². The van der Waals surface area contributed by atoms with Crippen molar-refractivity contribution in [2.75, 3.05) is 12.4 Å². The third kappa shape index (κ3) is 4.51. The Labute approximate surface area is 123 Å². The molecule has 6 heteroatoms. The van der Waals surface area contributed by atoms with Gasteiger partial charge in [0.05, 0.1) is 6.26 Å². The fourth-order valence-electron chi connectivity index (χ4n) is 1.87. The number of hydrogen-bond donors (Lipinski definition) is 1. The summed E-state index contributed by atoms with van der Waals surface area (Å²) in [4.78, 5) is 8.45. The maximum absolute atomic E-state index is 5.97. The summed E-state index contributed by atoms with van der Waals surface area (Å²) in [5.41, 5.74) is 0. The van der Waals surface area contributed by atoms with Gasteiger partial charge in [0, 0.05) is 25.6 Å². The zero-order valence-electron chi connectivity index (χ0n) is 11.6. The highest BCUT2D eigenvalue weighted by Gasteiger charge is 2.08. The Morgan fingerprint density at radius 2 is 2.30 bits per heavy atom. The standard InChI is InChI=1S/C14H18ClN3O2/c1-10(5-6-11-4-3-7-20-11)16-13-8-12(15)17-14(18-13)9-19-2/h3-4,7-8,10H,5-6,9H2,1-2H3,(H,16,17,18). The number of nitrogens with zero attached hydrogens (tertiary/aromatic N) is 2. The summed E-state index contributed by atoms with van der Waals surface area (Å²) in [6.45, 7) is 2.44. The average Bonchev–Trinajstić information content (AvgIpc) is 2.89. The van der Waals surface area contributed by atoms with Gasteiger partial charge in [-0.25, -0.2) is 9.97 Å². The normalized spacial score (nSPS) is 12.3. The Bertz CT molecular complexity index is 531. The smallest absolute Gasteiger partial charge is 0.158 e. The molecule has 0 aromatic carbocycles. The molecule has 0 fully saturated rings. The number of aryl methyl sites for hydroxylation is 1. The number of nitrogens with one attached hydrogen (secondary N) is 1. The predicted molar refractivity (Wildman–Crippen MR) is 77.9 cm³/mol. The van der Waals surface area contributed by atoms with Crippen LogP contribution in [0.25, 0.3) is 0 Å². The highest BCUT2D eigenvalue weighted by Crippen LogP contribution is 2.15. The molecule has 1 atom stereocenters. The minimum atomic E-state index is 0.251. The summed E-state index contributed by atoms with van der Waals surface area (Å²) in [5, 5.41) is 3.72. The second-order valence-corrected chi connectivity index (χ2v) is 4.98. The first-order chi connectivity index (χ1) is 9.67. The number of furan rings is 1.